The highest BCUT2D eigenvalue weighted by Gasteiger charge is 2.48. The van der Waals surface area contributed by atoms with Gasteiger partial charge in [0.2, 0.25) is 0 Å². The Morgan fingerprint density at radius 1 is 0.742 bits per heavy atom. The summed E-state index contributed by atoms with van der Waals surface area (Å²) < 4.78 is 19.2. The first-order valence-corrected chi connectivity index (χ1v) is 9.40. The van der Waals surface area contributed by atoms with Crippen LogP contribution in [0.4, 0.5) is 0 Å². The Morgan fingerprint density at radius 2 is 1.10 bits per heavy atom. The van der Waals surface area contributed by atoms with Crippen molar-refractivity contribution in [3.63, 3.8) is 0 Å². The Balaban J connectivity index is 6.17. The molecule has 0 atom stereocenters. The smallest absolute Gasteiger partial charge is 0.324 e. The SMILES string of the molecule is C=CCC(CC#CCC(CC=C=C(C)C)(C(=O)OC)C(=O)OC)(C(=O)OC)C(=O)OC. The number of methoxy groups -OCH3 is 4. The van der Waals surface area contributed by atoms with Crippen molar-refractivity contribution >= 4 is 23.9 Å². The lowest BCUT2D eigenvalue weighted by molar-refractivity contribution is -0.170. The quantitative estimate of drug-likeness (QED) is 0.129. The number of ether oxygens (including phenoxy) is 4. The molecule has 0 aliphatic carbocycles. The van der Waals surface area contributed by atoms with Crippen LogP contribution in [-0.2, 0) is 38.1 Å². The van der Waals surface area contributed by atoms with E-state index in [-0.39, 0.29) is 25.7 Å². The van der Waals surface area contributed by atoms with Gasteiger partial charge < -0.3 is 18.9 Å². The number of allylic oxidation sites excluding steroid dienone is 2. The third-order valence-corrected chi connectivity index (χ3v) is 4.54. The minimum Gasteiger partial charge on any atom is -0.468 e. The van der Waals surface area contributed by atoms with Gasteiger partial charge in [0.05, 0.1) is 28.4 Å². The highest BCUT2D eigenvalue weighted by molar-refractivity contribution is 6.01. The second kappa shape index (κ2) is 13.1. The van der Waals surface area contributed by atoms with Crippen LogP contribution < -0.4 is 0 Å². The maximum absolute atomic E-state index is 12.5. The van der Waals surface area contributed by atoms with Gasteiger partial charge in [0.1, 0.15) is 0 Å². The minimum atomic E-state index is -1.73. The predicted octanol–water partition coefficient (Wildman–Crippen LogP) is 2.52. The molecule has 0 unspecified atom stereocenters. The lowest BCUT2D eigenvalue weighted by Crippen LogP contribution is -2.41. The van der Waals surface area contributed by atoms with Crippen LogP contribution >= 0.6 is 0 Å². The number of rotatable bonds is 10. The lowest BCUT2D eigenvalue weighted by Gasteiger charge is -2.25. The van der Waals surface area contributed by atoms with Crippen molar-refractivity contribution < 1.29 is 38.1 Å². The van der Waals surface area contributed by atoms with Crippen LogP contribution in [-0.4, -0.2) is 52.3 Å². The van der Waals surface area contributed by atoms with E-state index in [0.29, 0.717) is 0 Å². The van der Waals surface area contributed by atoms with E-state index in [0.717, 1.165) is 34.0 Å². The van der Waals surface area contributed by atoms with Crippen molar-refractivity contribution in [3.8, 4) is 11.8 Å². The second-order valence-electron chi connectivity index (χ2n) is 6.88. The molecule has 31 heavy (non-hydrogen) atoms. The topological polar surface area (TPSA) is 105 Å². The summed E-state index contributed by atoms with van der Waals surface area (Å²) in [6.45, 7) is 7.19. The number of carbonyl (C=O) groups is 4. The number of carbonyl (C=O) groups excluding carboxylic acids is 4. The number of hydrogen-bond donors (Lipinski definition) is 0. The summed E-state index contributed by atoms with van der Waals surface area (Å²) in [6, 6.07) is 0. The van der Waals surface area contributed by atoms with Crippen LogP contribution in [0.2, 0.25) is 0 Å². The van der Waals surface area contributed by atoms with Crippen molar-refractivity contribution in [2.75, 3.05) is 28.4 Å². The van der Waals surface area contributed by atoms with Crippen molar-refractivity contribution in [1.82, 2.24) is 0 Å². The van der Waals surface area contributed by atoms with Gasteiger partial charge >= 0.3 is 23.9 Å². The minimum absolute atomic E-state index is 0.0575. The molecule has 170 valence electrons. The first-order valence-electron chi connectivity index (χ1n) is 9.40. The molecule has 0 radical (unpaired) electrons. The molecule has 0 aliphatic rings. The number of esters is 4. The highest BCUT2D eigenvalue weighted by Crippen LogP contribution is 2.32. The fraction of sp³-hybridized carbons (Fsp3) is 0.522. The van der Waals surface area contributed by atoms with E-state index < -0.39 is 34.7 Å². The van der Waals surface area contributed by atoms with Crippen LogP contribution in [0, 0.1) is 22.7 Å². The highest BCUT2D eigenvalue weighted by atomic mass is 16.6. The second-order valence-corrected chi connectivity index (χ2v) is 6.88. The average molecular weight is 434 g/mol. The molecule has 0 rings (SSSR count). The molecule has 0 bridgehead atoms. The van der Waals surface area contributed by atoms with Gasteiger partial charge in [-0.1, -0.05) is 6.08 Å². The van der Waals surface area contributed by atoms with Crippen molar-refractivity contribution in [2.45, 2.75) is 39.5 Å². The molecule has 0 aromatic carbocycles. The lowest BCUT2D eigenvalue weighted by atomic mass is 9.79. The summed E-state index contributed by atoms with van der Waals surface area (Å²) in [6.07, 6.45) is 2.27. The molecule has 8 heteroatoms. The van der Waals surface area contributed by atoms with Gasteiger partial charge in [-0.3, -0.25) is 19.2 Å². The standard InChI is InChI=1S/C23H30O8/c1-8-13-22(18(24)28-4,19(25)29-5)14-9-10-15-23(20(26)30-6,21(27)31-7)16-11-12-17(2)3/h8,11H,1,13-16H2,2-7H3. The van der Waals surface area contributed by atoms with Crippen LogP contribution in [0.5, 0.6) is 0 Å². The molecule has 0 fully saturated rings. The fourth-order valence-electron chi connectivity index (χ4n) is 2.82. The predicted molar refractivity (Wildman–Crippen MR) is 112 cm³/mol. The van der Waals surface area contributed by atoms with Gasteiger partial charge in [-0.25, -0.2) is 0 Å². The summed E-state index contributed by atoms with van der Waals surface area (Å²) in [4.78, 5) is 49.7. The molecular weight excluding hydrogens is 404 g/mol. The first-order chi connectivity index (χ1) is 14.6. The Labute approximate surface area is 183 Å². The molecule has 0 aromatic rings. The molecule has 0 saturated carbocycles. The van der Waals surface area contributed by atoms with Gasteiger partial charge in [-0.2, -0.15) is 0 Å². The Kier molecular flexibility index (Phi) is 11.7. The Morgan fingerprint density at radius 3 is 1.39 bits per heavy atom. The van der Waals surface area contributed by atoms with Crippen molar-refractivity contribution in [3.05, 3.63) is 30.0 Å². The molecule has 0 aromatic heterocycles. The molecular formula is C23H30O8. The Hall–Kier alpha value is -3.30. The molecule has 0 N–H and O–H groups in total. The van der Waals surface area contributed by atoms with E-state index in [2.05, 4.69) is 24.2 Å². The zero-order valence-corrected chi connectivity index (χ0v) is 19.0. The van der Waals surface area contributed by atoms with E-state index in [4.69, 9.17) is 18.9 Å². The normalized spacial score (nSPS) is 10.4. The number of hydrogen-bond acceptors (Lipinski definition) is 8. The summed E-state index contributed by atoms with van der Waals surface area (Å²) in [5.41, 5.74) is 0.342. The maximum Gasteiger partial charge on any atom is 0.324 e. The Bertz CT molecular complexity index is 782. The third-order valence-electron chi connectivity index (χ3n) is 4.54. The van der Waals surface area contributed by atoms with Crippen molar-refractivity contribution in [2.24, 2.45) is 10.8 Å². The van der Waals surface area contributed by atoms with Crippen LogP contribution in [0.25, 0.3) is 0 Å². The van der Waals surface area contributed by atoms with E-state index in [1.165, 1.54) is 12.2 Å². The van der Waals surface area contributed by atoms with E-state index >= 15 is 0 Å². The van der Waals surface area contributed by atoms with Crippen LogP contribution in [0.1, 0.15) is 39.5 Å². The summed E-state index contributed by atoms with van der Waals surface area (Å²) in [5, 5.41) is 0. The van der Waals surface area contributed by atoms with Crippen LogP contribution in [0.3, 0.4) is 0 Å². The zero-order chi connectivity index (χ0) is 24.1. The van der Waals surface area contributed by atoms with E-state index in [1.54, 1.807) is 0 Å². The molecule has 0 aliphatic heterocycles. The maximum atomic E-state index is 12.5. The fourth-order valence-corrected chi connectivity index (χ4v) is 2.82. The third kappa shape index (κ3) is 6.87. The first kappa shape index (κ1) is 27.7. The molecule has 8 nitrogen and oxygen atoms in total. The zero-order valence-electron chi connectivity index (χ0n) is 19.0. The van der Waals surface area contributed by atoms with Gasteiger partial charge in [0.15, 0.2) is 10.8 Å². The van der Waals surface area contributed by atoms with Gasteiger partial charge in [-0.15, -0.1) is 24.2 Å². The van der Waals surface area contributed by atoms with Crippen molar-refractivity contribution in [1.29, 1.82) is 0 Å². The monoisotopic (exact) mass is 434 g/mol. The molecule has 0 amide bonds. The molecule has 0 saturated heterocycles. The van der Waals surface area contributed by atoms with Gasteiger partial charge in [-0.05, 0) is 31.9 Å². The van der Waals surface area contributed by atoms with E-state index in [9.17, 15) is 19.2 Å². The molecule has 0 heterocycles. The summed E-state index contributed by atoms with van der Waals surface area (Å²) in [7, 11) is 4.60. The average Bonchev–Trinajstić information content (AvgIpc) is 2.77. The summed E-state index contributed by atoms with van der Waals surface area (Å²) in [5.74, 6) is 2.12. The summed E-state index contributed by atoms with van der Waals surface area (Å²) >= 11 is 0. The van der Waals surface area contributed by atoms with E-state index in [1.807, 2.05) is 13.8 Å². The molecule has 0 spiro atoms. The van der Waals surface area contributed by atoms with Gasteiger partial charge in [0, 0.05) is 19.3 Å². The van der Waals surface area contributed by atoms with Gasteiger partial charge in [0.25, 0.3) is 0 Å². The van der Waals surface area contributed by atoms with Crippen LogP contribution in [0.15, 0.2) is 30.0 Å². The largest absolute Gasteiger partial charge is 0.468 e.